The molecule has 3 N–H and O–H groups in total. The number of benzene rings is 1. The van der Waals surface area contributed by atoms with Crippen molar-refractivity contribution in [2.24, 2.45) is 0 Å². The summed E-state index contributed by atoms with van der Waals surface area (Å²) >= 11 is 0. The van der Waals surface area contributed by atoms with Crippen LogP contribution in [0.1, 0.15) is 61.5 Å². The number of hydrogen-bond donors (Lipinski definition) is 3. The number of hydrogen-bond acceptors (Lipinski definition) is 6. The first-order valence-corrected chi connectivity index (χ1v) is 13.5. The van der Waals surface area contributed by atoms with E-state index in [0.717, 1.165) is 49.9 Å². The Morgan fingerprint density at radius 1 is 1.03 bits per heavy atom. The van der Waals surface area contributed by atoms with E-state index in [0.29, 0.717) is 19.6 Å². The number of rotatable bonds is 15. The normalized spacial score (nSPS) is 13.4. The van der Waals surface area contributed by atoms with Gasteiger partial charge in [-0.05, 0) is 75.1 Å². The maximum atomic E-state index is 12.2. The average Bonchev–Trinajstić information content (AvgIpc) is 2.91. The Hall–Kier alpha value is -3.46. The van der Waals surface area contributed by atoms with Crippen molar-refractivity contribution in [3.8, 4) is 0 Å². The highest BCUT2D eigenvalue weighted by molar-refractivity contribution is 5.79. The summed E-state index contributed by atoms with van der Waals surface area (Å²) in [6.07, 6.45) is 6.91. The second-order valence-electron chi connectivity index (χ2n) is 9.78. The van der Waals surface area contributed by atoms with Crippen molar-refractivity contribution in [1.29, 1.82) is 0 Å². The fourth-order valence-corrected chi connectivity index (χ4v) is 4.61. The molecule has 0 radical (unpaired) electrons. The van der Waals surface area contributed by atoms with E-state index in [9.17, 15) is 19.5 Å². The summed E-state index contributed by atoms with van der Waals surface area (Å²) in [7, 11) is 0. The molecular formula is C29H40N4O5. The van der Waals surface area contributed by atoms with Crippen molar-refractivity contribution in [2.75, 3.05) is 26.2 Å². The smallest absolute Gasteiger partial charge is 0.408 e. The van der Waals surface area contributed by atoms with Gasteiger partial charge in [0.25, 0.3) is 0 Å². The number of ether oxygens (including phenoxy) is 1. The van der Waals surface area contributed by atoms with Crippen LogP contribution in [0.5, 0.6) is 0 Å². The highest BCUT2D eigenvalue weighted by Gasteiger charge is 2.22. The number of fused-ring (bicyclic) bond motifs is 1. The van der Waals surface area contributed by atoms with Crippen molar-refractivity contribution in [2.45, 2.75) is 70.9 Å². The number of alkyl carbamates (subject to hydrolysis) is 1. The lowest BCUT2D eigenvalue weighted by molar-refractivity contribution is -0.139. The van der Waals surface area contributed by atoms with Gasteiger partial charge in [0.05, 0.1) is 0 Å². The van der Waals surface area contributed by atoms with Gasteiger partial charge in [0, 0.05) is 37.9 Å². The van der Waals surface area contributed by atoms with Crippen LogP contribution in [0, 0.1) is 0 Å². The van der Waals surface area contributed by atoms with E-state index in [1.807, 2.05) is 30.3 Å². The minimum atomic E-state index is -1.11. The highest BCUT2D eigenvalue weighted by atomic mass is 16.5. The largest absolute Gasteiger partial charge is 0.480 e. The topological polar surface area (TPSA) is 121 Å². The molecule has 3 rings (SSSR count). The Morgan fingerprint density at radius 2 is 1.82 bits per heavy atom. The number of nitrogens with one attached hydrogen (secondary N) is 2. The van der Waals surface area contributed by atoms with Gasteiger partial charge in [0.15, 0.2) is 0 Å². The predicted octanol–water partition coefficient (Wildman–Crippen LogP) is 3.49. The molecule has 2 amide bonds. The molecule has 0 aliphatic heterocycles. The number of carboxylic acids is 1. The molecule has 1 aliphatic carbocycles. The number of pyridine rings is 1. The molecular weight excluding hydrogens is 484 g/mol. The molecule has 0 saturated carbocycles. The van der Waals surface area contributed by atoms with Gasteiger partial charge in [-0.2, -0.15) is 0 Å². The number of aliphatic carboxylic acids is 1. The van der Waals surface area contributed by atoms with Crippen molar-refractivity contribution in [3.05, 3.63) is 65.0 Å². The molecule has 2 aromatic rings. The average molecular weight is 525 g/mol. The van der Waals surface area contributed by atoms with E-state index >= 15 is 0 Å². The first-order chi connectivity index (χ1) is 18.4. The number of nitrogens with zero attached hydrogens (tertiary/aromatic N) is 2. The van der Waals surface area contributed by atoms with Crippen molar-refractivity contribution in [3.63, 3.8) is 0 Å². The van der Waals surface area contributed by atoms with Gasteiger partial charge in [0.2, 0.25) is 5.91 Å². The molecule has 0 fully saturated rings. The Kier molecular flexibility index (Phi) is 12.0. The molecule has 9 heteroatoms. The zero-order chi connectivity index (χ0) is 27.2. The Labute approximate surface area is 225 Å². The SMILES string of the molecule is CC(=O)NCCN(CCCCc1ccc2c(n1)CCCC2)CC[C@@H](NC(=O)OCc1ccccc1)C(=O)O. The Morgan fingerprint density at radius 3 is 2.58 bits per heavy atom. The van der Waals surface area contributed by atoms with Crippen LogP contribution in [-0.2, 0) is 40.2 Å². The van der Waals surface area contributed by atoms with Crippen molar-refractivity contribution < 1.29 is 24.2 Å². The van der Waals surface area contributed by atoms with Crippen LogP contribution < -0.4 is 10.6 Å². The maximum absolute atomic E-state index is 12.2. The van der Waals surface area contributed by atoms with Crippen LogP contribution in [0.4, 0.5) is 4.79 Å². The van der Waals surface area contributed by atoms with Gasteiger partial charge < -0.3 is 25.4 Å². The monoisotopic (exact) mass is 524 g/mol. The predicted molar refractivity (Wildman–Crippen MR) is 145 cm³/mol. The van der Waals surface area contributed by atoms with Gasteiger partial charge in [0.1, 0.15) is 12.6 Å². The highest BCUT2D eigenvalue weighted by Crippen LogP contribution is 2.20. The van der Waals surface area contributed by atoms with E-state index in [4.69, 9.17) is 9.72 Å². The van der Waals surface area contributed by atoms with Crippen LogP contribution in [-0.4, -0.2) is 65.2 Å². The van der Waals surface area contributed by atoms with E-state index in [-0.39, 0.29) is 18.9 Å². The second kappa shape index (κ2) is 15.7. The van der Waals surface area contributed by atoms with Gasteiger partial charge in [-0.1, -0.05) is 36.4 Å². The summed E-state index contributed by atoms with van der Waals surface area (Å²) in [6.45, 7) is 3.84. The maximum Gasteiger partial charge on any atom is 0.408 e. The van der Waals surface area contributed by atoms with Crippen LogP contribution >= 0.6 is 0 Å². The number of unbranched alkanes of at least 4 members (excludes halogenated alkanes) is 1. The molecule has 0 spiro atoms. The Balaban J connectivity index is 1.45. The van der Waals surface area contributed by atoms with Crippen LogP contribution in [0.25, 0.3) is 0 Å². The summed E-state index contributed by atoms with van der Waals surface area (Å²) in [6, 6.07) is 12.5. The molecule has 9 nitrogen and oxygen atoms in total. The van der Waals surface area contributed by atoms with E-state index in [1.54, 1.807) is 0 Å². The van der Waals surface area contributed by atoms with Crippen LogP contribution in [0.2, 0.25) is 0 Å². The first-order valence-electron chi connectivity index (χ1n) is 13.5. The minimum absolute atomic E-state index is 0.0704. The molecule has 0 unspecified atom stereocenters. The minimum Gasteiger partial charge on any atom is -0.480 e. The first kappa shape index (κ1) is 29.1. The third-order valence-corrected chi connectivity index (χ3v) is 6.73. The Bertz CT molecular complexity index is 1050. The summed E-state index contributed by atoms with van der Waals surface area (Å²) in [5, 5.41) is 14.9. The number of amides is 2. The molecule has 0 saturated heterocycles. The van der Waals surface area contributed by atoms with Crippen LogP contribution in [0.3, 0.4) is 0 Å². The van der Waals surface area contributed by atoms with E-state index in [2.05, 4.69) is 27.7 Å². The summed E-state index contributed by atoms with van der Waals surface area (Å²) in [4.78, 5) is 42.3. The lowest BCUT2D eigenvalue weighted by Crippen LogP contribution is -2.44. The lowest BCUT2D eigenvalue weighted by Gasteiger charge is -2.24. The second-order valence-corrected chi connectivity index (χ2v) is 9.78. The molecule has 206 valence electrons. The van der Waals surface area contributed by atoms with Gasteiger partial charge in [-0.3, -0.25) is 9.78 Å². The van der Waals surface area contributed by atoms with Gasteiger partial charge >= 0.3 is 12.1 Å². The third-order valence-electron chi connectivity index (χ3n) is 6.73. The van der Waals surface area contributed by atoms with Crippen LogP contribution in [0.15, 0.2) is 42.5 Å². The zero-order valence-corrected chi connectivity index (χ0v) is 22.3. The number of aromatic nitrogens is 1. The molecule has 38 heavy (non-hydrogen) atoms. The van der Waals surface area contributed by atoms with Crippen molar-refractivity contribution >= 4 is 18.0 Å². The molecule has 1 heterocycles. The third kappa shape index (κ3) is 10.5. The molecule has 0 bridgehead atoms. The summed E-state index contributed by atoms with van der Waals surface area (Å²) in [5.41, 5.74) is 4.58. The van der Waals surface area contributed by atoms with Gasteiger partial charge in [-0.25, -0.2) is 9.59 Å². The number of carbonyl (C=O) groups excluding carboxylic acids is 2. The quantitative estimate of drug-likeness (QED) is 0.305. The molecule has 1 aromatic carbocycles. The molecule has 1 aromatic heterocycles. The zero-order valence-electron chi connectivity index (χ0n) is 22.3. The number of carboxylic acid groups (broad SMARTS) is 1. The van der Waals surface area contributed by atoms with Gasteiger partial charge in [-0.15, -0.1) is 0 Å². The fourth-order valence-electron chi connectivity index (χ4n) is 4.61. The lowest BCUT2D eigenvalue weighted by atomic mass is 9.95. The summed E-state index contributed by atoms with van der Waals surface area (Å²) < 4.78 is 5.18. The number of carbonyl (C=O) groups is 3. The van der Waals surface area contributed by atoms with E-state index in [1.165, 1.54) is 31.0 Å². The fraction of sp³-hybridized carbons (Fsp3) is 0.517. The summed E-state index contributed by atoms with van der Waals surface area (Å²) in [5.74, 6) is -1.21. The number of aryl methyl sites for hydroxylation is 3. The van der Waals surface area contributed by atoms with E-state index < -0.39 is 18.1 Å². The molecule has 1 atom stereocenters. The molecule has 1 aliphatic rings. The van der Waals surface area contributed by atoms with Crippen molar-refractivity contribution in [1.82, 2.24) is 20.5 Å². The standard InChI is InChI=1S/C29H40N4O5/c1-22(34)30-17-20-33(18-8-7-12-25-15-14-24-11-5-6-13-26(24)31-25)19-16-27(28(35)36)32-29(37)38-21-23-9-3-2-4-10-23/h2-4,9-10,14-15,27H,5-8,11-13,16-21H2,1H3,(H,30,34)(H,32,37)(H,35,36)/t27-/m1/s1.